The van der Waals surface area contributed by atoms with Gasteiger partial charge in [-0.3, -0.25) is 9.59 Å². The number of nitrogens with two attached hydrogens (primary N) is 1. The number of anilines is 1. The second kappa shape index (κ2) is 10.3. The second-order valence-electron chi connectivity index (χ2n) is 9.98. The van der Waals surface area contributed by atoms with Gasteiger partial charge in [0.25, 0.3) is 5.91 Å². The first-order valence-corrected chi connectivity index (χ1v) is 12.7. The van der Waals surface area contributed by atoms with Gasteiger partial charge >= 0.3 is 6.36 Å². The Kier molecular flexibility index (Phi) is 7.08. The van der Waals surface area contributed by atoms with Gasteiger partial charge in [0.1, 0.15) is 22.9 Å². The standard InChI is InChI=1S/C26H28F4N6O3/c1-14(37)35-8-6-16(7-9-35)23-33-22-21(19(27)13-32-24(22)34-23)15-4-10-36(11-5-15)25(38)18-3-2-17(12-20(18)31)39-26(28,29)30/h2-3,12-13,15-16H,4-11,31H2,1H3,(H,32,33,34). The summed E-state index contributed by atoms with van der Waals surface area (Å²) in [5.74, 6) is -0.684. The van der Waals surface area contributed by atoms with Gasteiger partial charge in [0.15, 0.2) is 5.65 Å². The summed E-state index contributed by atoms with van der Waals surface area (Å²) < 4.78 is 56.4. The first kappa shape index (κ1) is 26.7. The highest BCUT2D eigenvalue weighted by atomic mass is 19.4. The van der Waals surface area contributed by atoms with Crippen LogP contribution in [0.15, 0.2) is 24.4 Å². The zero-order valence-corrected chi connectivity index (χ0v) is 21.2. The molecule has 2 saturated heterocycles. The number of likely N-dealkylation sites (tertiary alicyclic amines) is 2. The molecule has 0 atom stereocenters. The number of pyridine rings is 1. The number of nitrogen functional groups attached to an aromatic ring is 1. The maximum atomic E-state index is 15.1. The zero-order chi connectivity index (χ0) is 27.9. The summed E-state index contributed by atoms with van der Waals surface area (Å²) >= 11 is 0. The van der Waals surface area contributed by atoms with Crippen LogP contribution in [-0.2, 0) is 4.79 Å². The summed E-state index contributed by atoms with van der Waals surface area (Å²) in [6.45, 7) is 3.46. The first-order valence-electron chi connectivity index (χ1n) is 12.7. The number of H-pyrrole nitrogens is 1. The molecule has 208 valence electrons. The van der Waals surface area contributed by atoms with E-state index in [9.17, 15) is 22.8 Å². The molecule has 2 aliphatic heterocycles. The Bertz CT molecular complexity index is 1390. The highest BCUT2D eigenvalue weighted by Crippen LogP contribution is 2.36. The normalized spacial score (nSPS) is 17.6. The van der Waals surface area contributed by atoms with Crippen LogP contribution in [0.25, 0.3) is 11.2 Å². The number of halogens is 4. The number of amides is 2. The van der Waals surface area contributed by atoms with Crippen LogP contribution in [0.2, 0.25) is 0 Å². The van der Waals surface area contributed by atoms with Crippen LogP contribution in [-0.4, -0.2) is 69.1 Å². The fourth-order valence-electron chi connectivity index (χ4n) is 5.49. The lowest BCUT2D eigenvalue weighted by Gasteiger charge is -2.32. The third-order valence-electron chi connectivity index (χ3n) is 7.53. The highest BCUT2D eigenvalue weighted by molar-refractivity contribution is 5.99. The zero-order valence-electron chi connectivity index (χ0n) is 21.2. The van der Waals surface area contributed by atoms with Crippen LogP contribution in [0.1, 0.15) is 66.2 Å². The van der Waals surface area contributed by atoms with E-state index in [1.54, 1.807) is 16.7 Å². The average molecular weight is 549 g/mol. The van der Waals surface area contributed by atoms with Gasteiger partial charge in [-0.25, -0.2) is 14.4 Å². The summed E-state index contributed by atoms with van der Waals surface area (Å²) in [5, 5.41) is 0. The fraction of sp³-hybridized carbons (Fsp3) is 0.462. The SMILES string of the molecule is CC(=O)N1CCC(c2nc3c(C4CCN(C(=O)c5ccc(OC(F)(F)F)cc5N)CC4)c(F)cnc3[nH]2)CC1. The molecule has 0 bridgehead atoms. The second-order valence-corrected chi connectivity index (χ2v) is 9.98. The quantitative estimate of drug-likeness (QED) is 0.371. The van der Waals surface area contributed by atoms with E-state index in [-0.39, 0.29) is 29.0 Å². The molecule has 1 aromatic carbocycles. The maximum absolute atomic E-state index is 15.1. The predicted octanol–water partition coefficient (Wildman–Crippen LogP) is 4.32. The topological polar surface area (TPSA) is 117 Å². The molecule has 0 spiro atoms. The van der Waals surface area contributed by atoms with E-state index in [2.05, 4.69) is 14.7 Å². The third kappa shape index (κ3) is 5.62. The number of piperidine rings is 2. The lowest BCUT2D eigenvalue weighted by Crippen LogP contribution is -2.38. The number of hydrogen-bond acceptors (Lipinski definition) is 6. The highest BCUT2D eigenvalue weighted by Gasteiger charge is 2.33. The number of aromatic amines is 1. The summed E-state index contributed by atoms with van der Waals surface area (Å²) in [6, 6.07) is 3.23. The van der Waals surface area contributed by atoms with Crippen molar-refractivity contribution in [3.8, 4) is 5.75 Å². The number of aromatic nitrogens is 3. The number of imidazole rings is 1. The molecule has 0 aliphatic carbocycles. The Morgan fingerprint density at radius 2 is 1.69 bits per heavy atom. The molecular formula is C26H28F4N6O3. The number of benzene rings is 1. The van der Waals surface area contributed by atoms with E-state index in [1.165, 1.54) is 12.3 Å². The number of carbonyl (C=O) groups is 2. The minimum absolute atomic E-state index is 0.0454. The summed E-state index contributed by atoms with van der Waals surface area (Å²) in [7, 11) is 0. The molecule has 2 amide bonds. The molecule has 0 radical (unpaired) electrons. The van der Waals surface area contributed by atoms with E-state index < -0.39 is 23.8 Å². The van der Waals surface area contributed by atoms with Crippen molar-refractivity contribution < 1.29 is 31.9 Å². The summed E-state index contributed by atoms with van der Waals surface area (Å²) in [5.41, 5.74) is 7.25. The number of hydrogen-bond donors (Lipinski definition) is 2. The van der Waals surface area contributed by atoms with Crippen molar-refractivity contribution in [1.29, 1.82) is 0 Å². The molecule has 0 unspecified atom stereocenters. The van der Waals surface area contributed by atoms with Gasteiger partial charge < -0.3 is 25.3 Å². The van der Waals surface area contributed by atoms with Crippen LogP contribution in [0.3, 0.4) is 0 Å². The van der Waals surface area contributed by atoms with E-state index in [4.69, 9.17) is 10.7 Å². The van der Waals surface area contributed by atoms with Gasteiger partial charge in [0.2, 0.25) is 5.91 Å². The molecule has 3 aromatic rings. The molecule has 4 heterocycles. The largest absolute Gasteiger partial charge is 0.573 e. The molecule has 0 saturated carbocycles. The molecule has 39 heavy (non-hydrogen) atoms. The number of nitrogens with one attached hydrogen (secondary N) is 1. The van der Waals surface area contributed by atoms with E-state index in [0.29, 0.717) is 55.7 Å². The van der Waals surface area contributed by atoms with Gasteiger partial charge in [-0.05, 0) is 43.7 Å². The number of fused-ring (bicyclic) bond motifs is 1. The van der Waals surface area contributed by atoms with E-state index >= 15 is 4.39 Å². The molecule has 2 aliphatic rings. The van der Waals surface area contributed by atoms with Crippen LogP contribution >= 0.6 is 0 Å². The number of carbonyl (C=O) groups excluding carboxylic acids is 2. The molecule has 5 rings (SSSR count). The predicted molar refractivity (Wildman–Crippen MR) is 133 cm³/mol. The lowest BCUT2D eigenvalue weighted by atomic mass is 9.88. The first-order chi connectivity index (χ1) is 18.5. The minimum atomic E-state index is -4.87. The lowest BCUT2D eigenvalue weighted by molar-refractivity contribution is -0.274. The minimum Gasteiger partial charge on any atom is -0.406 e. The van der Waals surface area contributed by atoms with E-state index in [1.807, 2.05) is 0 Å². The average Bonchev–Trinajstić information content (AvgIpc) is 3.32. The Hall–Kier alpha value is -3.90. The van der Waals surface area contributed by atoms with Crippen molar-refractivity contribution in [2.75, 3.05) is 31.9 Å². The Labute approximate surface area is 221 Å². The van der Waals surface area contributed by atoms with Gasteiger partial charge in [-0.15, -0.1) is 13.2 Å². The van der Waals surface area contributed by atoms with Crippen molar-refractivity contribution in [1.82, 2.24) is 24.8 Å². The van der Waals surface area contributed by atoms with Gasteiger partial charge in [-0.2, -0.15) is 0 Å². The summed E-state index contributed by atoms with van der Waals surface area (Å²) in [6.07, 6.45) is -1.24. The van der Waals surface area contributed by atoms with E-state index in [0.717, 1.165) is 30.8 Å². The Balaban J connectivity index is 1.28. The number of nitrogens with zero attached hydrogens (tertiary/aromatic N) is 4. The van der Waals surface area contributed by atoms with Crippen molar-refractivity contribution in [2.24, 2.45) is 0 Å². The van der Waals surface area contributed by atoms with Crippen molar-refractivity contribution >= 4 is 28.7 Å². The van der Waals surface area contributed by atoms with Crippen molar-refractivity contribution in [3.63, 3.8) is 0 Å². The number of alkyl halides is 3. The van der Waals surface area contributed by atoms with Crippen LogP contribution in [0, 0.1) is 5.82 Å². The molecule has 2 fully saturated rings. The molecule has 9 nitrogen and oxygen atoms in total. The smallest absolute Gasteiger partial charge is 0.406 e. The van der Waals surface area contributed by atoms with Crippen LogP contribution in [0.4, 0.5) is 23.2 Å². The summed E-state index contributed by atoms with van der Waals surface area (Å²) in [4.78, 5) is 40.2. The number of ether oxygens (including phenoxy) is 1. The maximum Gasteiger partial charge on any atom is 0.573 e. The Morgan fingerprint density at radius 1 is 1.05 bits per heavy atom. The third-order valence-corrected chi connectivity index (χ3v) is 7.53. The monoisotopic (exact) mass is 548 g/mol. The van der Waals surface area contributed by atoms with Crippen molar-refractivity contribution in [2.45, 2.75) is 50.8 Å². The number of rotatable bonds is 4. The molecule has 3 N–H and O–H groups in total. The van der Waals surface area contributed by atoms with Crippen LogP contribution in [0.5, 0.6) is 5.75 Å². The van der Waals surface area contributed by atoms with Gasteiger partial charge in [-0.1, -0.05) is 0 Å². The van der Waals surface area contributed by atoms with Gasteiger partial charge in [0, 0.05) is 56.3 Å². The molecule has 2 aromatic heterocycles. The van der Waals surface area contributed by atoms with Crippen molar-refractivity contribution in [3.05, 3.63) is 47.2 Å². The molecular weight excluding hydrogens is 520 g/mol. The van der Waals surface area contributed by atoms with Crippen LogP contribution < -0.4 is 10.5 Å². The molecule has 13 heteroatoms. The van der Waals surface area contributed by atoms with Gasteiger partial charge in [0.05, 0.1) is 11.8 Å². The fourth-order valence-corrected chi connectivity index (χ4v) is 5.49. The Morgan fingerprint density at radius 3 is 2.31 bits per heavy atom.